The molecule has 0 saturated carbocycles. The highest BCUT2D eigenvalue weighted by Crippen LogP contribution is 1.94. The number of rotatable bonds is 7. The first-order valence-corrected chi connectivity index (χ1v) is 3.83. The maximum absolute atomic E-state index is 10.4. The molecule has 5 nitrogen and oxygen atoms in total. The van der Waals surface area contributed by atoms with Gasteiger partial charge in [0.25, 0.3) is 6.29 Å². The van der Waals surface area contributed by atoms with E-state index in [0.717, 1.165) is 0 Å². The number of carboxylic acid groups (broad SMARTS) is 1. The number of likely N-dealkylation sites (N-methyl/N-ethyl adjacent to an activating group) is 1. The zero-order valence-electron chi connectivity index (χ0n) is 7.37. The molecular formula is C7H15NO4. The average molecular weight is 177 g/mol. The van der Waals surface area contributed by atoms with E-state index in [4.69, 9.17) is 14.6 Å². The first-order chi connectivity index (χ1) is 5.72. The molecule has 1 atom stereocenters. The van der Waals surface area contributed by atoms with Gasteiger partial charge in [0.1, 0.15) is 0 Å². The molecule has 0 bridgehead atoms. The Morgan fingerprint density at radius 2 is 2.25 bits per heavy atom. The van der Waals surface area contributed by atoms with Gasteiger partial charge < -0.3 is 19.9 Å². The van der Waals surface area contributed by atoms with Gasteiger partial charge in [-0.2, -0.15) is 0 Å². The number of aliphatic carboxylic acids is 1. The van der Waals surface area contributed by atoms with Crippen LogP contribution in [0, 0.1) is 0 Å². The first kappa shape index (κ1) is 11.4. The standard InChI is InChI=1S/C7H15NO4/c1-3-11-7(6(9)10)12-5-4-8-2/h7-8H,3-5H2,1-2H3,(H,9,10). The third-order valence-electron chi connectivity index (χ3n) is 1.14. The summed E-state index contributed by atoms with van der Waals surface area (Å²) in [4.78, 5) is 10.4. The van der Waals surface area contributed by atoms with E-state index in [1.54, 1.807) is 14.0 Å². The van der Waals surface area contributed by atoms with Crippen LogP contribution in [0.15, 0.2) is 0 Å². The number of hydrogen-bond donors (Lipinski definition) is 2. The van der Waals surface area contributed by atoms with Crippen LogP contribution >= 0.6 is 0 Å². The summed E-state index contributed by atoms with van der Waals surface area (Å²) >= 11 is 0. The predicted molar refractivity (Wildman–Crippen MR) is 42.9 cm³/mol. The van der Waals surface area contributed by atoms with Crippen molar-refractivity contribution in [2.45, 2.75) is 13.2 Å². The Labute approximate surface area is 71.7 Å². The third kappa shape index (κ3) is 5.06. The van der Waals surface area contributed by atoms with Gasteiger partial charge in [-0.15, -0.1) is 0 Å². The van der Waals surface area contributed by atoms with Gasteiger partial charge in [-0.3, -0.25) is 0 Å². The van der Waals surface area contributed by atoms with E-state index in [1.807, 2.05) is 0 Å². The molecule has 0 aromatic heterocycles. The van der Waals surface area contributed by atoms with Gasteiger partial charge in [0, 0.05) is 13.2 Å². The normalized spacial score (nSPS) is 12.8. The van der Waals surface area contributed by atoms with Crippen molar-refractivity contribution in [1.82, 2.24) is 5.32 Å². The van der Waals surface area contributed by atoms with Crippen LogP contribution < -0.4 is 5.32 Å². The number of carbonyl (C=O) groups is 1. The molecule has 0 amide bonds. The van der Waals surface area contributed by atoms with Crippen molar-refractivity contribution >= 4 is 5.97 Å². The molecule has 1 unspecified atom stereocenters. The fourth-order valence-electron chi connectivity index (χ4n) is 0.610. The van der Waals surface area contributed by atoms with Crippen molar-refractivity contribution in [3.05, 3.63) is 0 Å². The smallest absolute Gasteiger partial charge is 0.361 e. The van der Waals surface area contributed by atoms with E-state index in [2.05, 4.69) is 5.32 Å². The highest BCUT2D eigenvalue weighted by molar-refractivity contribution is 5.70. The molecule has 0 saturated heterocycles. The molecule has 2 N–H and O–H groups in total. The van der Waals surface area contributed by atoms with E-state index in [9.17, 15) is 4.79 Å². The van der Waals surface area contributed by atoms with Gasteiger partial charge in [-0.1, -0.05) is 0 Å². The molecule has 0 rings (SSSR count). The van der Waals surface area contributed by atoms with Crippen molar-refractivity contribution in [3.8, 4) is 0 Å². The van der Waals surface area contributed by atoms with Crippen LogP contribution in [0.1, 0.15) is 6.92 Å². The quantitative estimate of drug-likeness (QED) is 0.411. The Balaban J connectivity index is 3.56. The lowest BCUT2D eigenvalue weighted by Crippen LogP contribution is -2.29. The van der Waals surface area contributed by atoms with Crippen molar-refractivity contribution in [2.75, 3.05) is 26.8 Å². The summed E-state index contributed by atoms with van der Waals surface area (Å²) in [5.41, 5.74) is 0. The molecule has 0 aliphatic heterocycles. The molecule has 5 heteroatoms. The van der Waals surface area contributed by atoms with Crippen LogP contribution in [-0.2, 0) is 14.3 Å². The fraction of sp³-hybridized carbons (Fsp3) is 0.857. The van der Waals surface area contributed by atoms with Crippen molar-refractivity contribution in [2.24, 2.45) is 0 Å². The molecule has 0 aromatic carbocycles. The maximum Gasteiger partial charge on any atom is 0.361 e. The first-order valence-electron chi connectivity index (χ1n) is 3.83. The Morgan fingerprint density at radius 1 is 1.58 bits per heavy atom. The molecule has 0 aromatic rings. The largest absolute Gasteiger partial charge is 0.477 e. The maximum atomic E-state index is 10.4. The van der Waals surface area contributed by atoms with E-state index in [1.165, 1.54) is 0 Å². The number of hydrogen-bond acceptors (Lipinski definition) is 4. The van der Waals surface area contributed by atoms with Crippen LogP contribution in [0.3, 0.4) is 0 Å². The summed E-state index contributed by atoms with van der Waals surface area (Å²) in [5, 5.41) is 11.4. The summed E-state index contributed by atoms with van der Waals surface area (Å²) in [6, 6.07) is 0. The van der Waals surface area contributed by atoms with Gasteiger partial charge in [-0.25, -0.2) is 4.79 Å². The topological polar surface area (TPSA) is 67.8 Å². The lowest BCUT2D eigenvalue weighted by Gasteiger charge is -2.12. The van der Waals surface area contributed by atoms with Gasteiger partial charge in [-0.05, 0) is 14.0 Å². The summed E-state index contributed by atoms with van der Waals surface area (Å²) < 4.78 is 9.70. The lowest BCUT2D eigenvalue weighted by atomic mass is 10.6. The number of carboxylic acids is 1. The number of ether oxygens (including phenoxy) is 2. The summed E-state index contributed by atoms with van der Waals surface area (Å²) in [6.07, 6.45) is -1.14. The molecule has 12 heavy (non-hydrogen) atoms. The van der Waals surface area contributed by atoms with E-state index < -0.39 is 12.3 Å². The second-order valence-corrected chi connectivity index (χ2v) is 2.10. The minimum atomic E-state index is -1.14. The van der Waals surface area contributed by atoms with Crippen molar-refractivity contribution < 1.29 is 19.4 Å². The van der Waals surface area contributed by atoms with E-state index in [-0.39, 0.29) is 0 Å². The van der Waals surface area contributed by atoms with Crippen molar-refractivity contribution in [3.63, 3.8) is 0 Å². The Hall–Kier alpha value is -0.650. The van der Waals surface area contributed by atoms with Crippen LogP contribution in [0.2, 0.25) is 0 Å². The third-order valence-corrected chi connectivity index (χ3v) is 1.14. The summed E-state index contributed by atoms with van der Waals surface area (Å²) in [7, 11) is 1.76. The zero-order valence-corrected chi connectivity index (χ0v) is 7.37. The molecule has 0 fully saturated rings. The second-order valence-electron chi connectivity index (χ2n) is 2.10. The van der Waals surface area contributed by atoms with Gasteiger partial charge in [0.2, 0.25) is 0 Å². The van der Waals surface area contributed by atoms with Gasteiger partial charge >= 0.3 is 5.97 Å². The summed E-state index contributed by atoms with van der Waals surface area (Å²) in [6.45, 7) is 2.98. The molecule has 0 heterocycles. The predicted octanol–water partition coefficient (Wildman–Crippen LogP) is -0.330. The molecular weight excluding hydrogens is 162 g/mol. The molecule has 72 valence electrons. The van der Waals surface area contributed by atoms with E-state index >= 15 is 0 Å². The van der Waals surface area contributed by atoms with Crippen LogP contribution in [-0.4, -0.2) is 44.2 Å². The monoisotopic (exact) mass is 177 g/mol. The van der Waals surface area contributed by atoms with Gasteiger partial charge in [0.15, 0.2) is 0 Å². The molecule has 0 aliphatic carbocycles. The van der Waals surface area contributed by atoms with Crippen LogP contribution in [0.25, 0.3) is 0 Å². The van der Waals surface area contributed by atoms with Gasteiger partial charge in [0.05, 0.1) is 6.61 Å². The SMILES string of the molecule is CCOC(OCCNC)C(=O)O. The highest BCUT2D eigenvalue weighted by atomic mass is 16.7. The Bertz CT molecular complexity index is 129. The lowest BCUT2D eigenvalue weighted by molar-refractivity contribution is -0.187. The molecule has 0 radical (unpaired) electrons. The fourth-order valence-corrected chi connectivity index (χ4v) is 0.610. The van der Waals surface area contributed by atoms with Crippen LogP contribution in [0.5, 0.6) is 0 Å². The van der Waals surface area contributed by atoms with Crippen molar-refractivity contribution in [1.29, 1.82) is 0 Å². The zero-order chi connectivity index (χ0) is 9.40. The second kappa shape index (κ2) is 7.02. The summed E-state index contributed by atoms with van der Waals surface area (Å²) in [5.74, 6) is -1.09. The molecule has 0 aliphatic rings. The average Bonchev–Trinajstić information content (AvgIpc) is 2.03. The molecule has 0 spiro atoms. The minimum absolute atomic E-state index is 0.327. The highest BCUT2D eigenvalue weighted by Gasteiger charge is 2.16. The Kier molecular flexibility index (Phi) is 6.64. The van der Waals surface area contributed by atoms with Crippen LogP contribution in [0.4, 0.5) is 0 Å². The minimum Gasteiger partial charge on any atom is -0.477 e. The Morgan fingerprint density at radius 3 is 2.67 bits per heavy atom. The van der Waals surface area contributed by atoms with E-state index in [0.29, 0.717) is 19.8 Å². The number of nitrogens with one attached hydrogen (secondary N) is 1.